The molecule has 4 heteroatoms. The Labute approximate surface area is 59.9 Å². The van der Waals surface area contributed by atoms with Crippen LogP contribution in [-0.2, 0) is 19.6 Å². The lowest BCUT2D eigenvalue weighted by atomic mass is 10.4. The number of hydrogen-bond donors (Lipinski definition) is 0. The van der Waals surface area contributed by atoms with Crippen molar-refractivity contribution in [2.24, 2.45) is 0 Å². The first-order valence-electron chi connectivity index (χ1n) is 3.15. The molecular weight excluding hydrogens is 136 g/mol. The van der Waals surface area contributed by atoms with Gasteiger partial charge in [-0.05, 0) is 27.7 Å². The van der Waals surface area contributed by atoms with E-state index < -0.39 is 0 Å². The Hall–Kier alpha value is -0.160. The van der Waals surface area contributed by atoms with Crippen molar-refractivity contribution >= 4 is 0 Å². The molecule has 0 N–H and O–H groups in total. The molecule has 0 unspecified atom stereocenters. The van der Waals surface area contributed by atoms with Gasteiger partial charge in [0.05, 0.1) is 0 Å². The summed E-state index contributed by atoms with van der Waals surface area (Å²) in [6.07, 6.45) is 0. The summed E-state index contributed by atoms with van der Waals surface area (Å²) in [5, 5.41) is 0. The van der Waals surface area contributed by atoms with Crippen molar-refractivity contribution < 1.29 is 19.6 Å². The first-order valence-corrected chi connectivity index (χ1v) is 3.15. The molecule has 0 atom stereocenters. The van der Waals surface area contributed by atoms with E-state index >= 15 is 0 Å². The Morgan fingerprint density at radius 3 is 0.700 bits per heavy atom. The molecule has 0 aromatic heterocycles. The molecule has 0 spiro atoms. The minimum Gasteiger partial charge on any atom is -0.196 e. The van der Waals surface area contributed by atoms with Gasteiger partial charge in [0, 0.05) is 0 Å². The summed E-state index contributed by atoms with van der Waals surface area (Å²) in [6, 6.07) is 0. The molecule has 0 aliphatic carbocycles. The van der Waals surface area contributed by atoms with Crippen LogP contribution in [-0.4, -0.2) is 11.6 Å². The standard InChI is InChI=1S/2C3H6O2/c2*1-3(2)4-5-3/h2*1-2H3. The van der Waals surface area contributed by atoms with Crippen LogP contribution in [0.15, 0.2) is 0 Å². The van der Waals surface area contributed by atoms with Gasteiger partial charge in [0.1, 0.15) is 0 Å². The van der Waals surface area contributed by atoms with Crippen LogP contribution in [0.1, 0.15) is 27.7 Å². The van der Waals surface area contributed by atoms with Gasteiger partial charge in [0.2, 0.25) is 11.6 Å². The molecule has 0 aromatic carbocycles. The van der Waals surface area contributed by atoms with Crippen LogP contribution in [0, 0.1) is 0 Å². The van der Waals surface area contributed by atoms with E-state index in [1.165, 1.54) is 0 Å². The van der Waals surface area contributed by atoms with Crippen LogP contribution in [0.25, 0.3) is 0 Å². The molecule has 2 saturated heterocycles. The summed E-state index contributed by atoms with van der Waals surface area (Å²) in [6.45, 7) is 7.42. The predicted octanol–water partition coefficient (Wildman–Crippen LogP) is 1.37. The van der Waals surface area contributed by atoms with E-state index in [9.17, 15) is 0 Å². The molecule has 10 heavy (non-hydrogen) atoms. The molecule has 0 saturated carbocycles. The van der Waals surface area contributed by atoms with Gasteiger partial charge in [0.15, 0.2) is 0 Å². The van der Waals surface area contributed by atoms with Gasteiger partial charge in [-0.1, -0.05) is 0 Å². The zero-order chi connectivity index (χ0) is 7.83. The van der Waals surface area contributed by atoms with E-state index in [0.717, 1.165) is 0 Å². The fourth-order valence-corrected chi connectivity index (χ4v) is 0.167. The van der Waals surface area contributed by atoms with Crippen molar-refractivity contribution in [3.8, 4) is 0 Å². The molecule has 2 rings (SSSR count). The molecule has 2 aliphatic rings. The topological polar surface area (TPSA) is 50.1 Å². The Morgan fingerprint density at radius 2 is 0.700 bits per heavy atom. The van der Waals surface area contributed by atoms with Crippen molar-refractivity contribution in [1.82, 2.24) is 0 Å². The minimum absolute atomic E-state index is 0.250. The lowest BCUT2D eigenvalue weighted by molar-refractivity contribution is 0.0850. The highest BCUT2D eigenvalue weighted by atomic mass is 17.4. The highest BCUT2D eigenvalue weighted by Crippen LogP contribution is 2.26. The van der Waals surface area contributed by atoms with Crippen molar-refractivity contribution in [1.29, 1.82) is 0 Å². The van der Waals surface area contributed by atoms with E-state index in [-0.39, 0.29) is 11.6 Å². The van der Waals surface area contributed by atoms with E-state index in [1.54, 1.807) is 0 Å². The Bertz CT molecular complexity index is 102. The van der Waals surface area contributed by atoms with Crippen LogP contribution in [0.2, 0.25) is 0 Å². The fourth-order valence-electron chi connectivity index (χ4n) is 0.167. The molecular formula is C6H12O4. The van der Waals surface area contributed by atoms with Crippen molar-refractivity contribution in [2.75, 3.05) is 0 Å². The molecule has 0 radical (unpaired) electrons. The average molecular weight is 148 g/mol. The molecule has 4 nitrogen and oxygen atoms in total. The SMILES string of the molecule is CC1(C)OO1.CC1(C)OO1. The average Bonchev–Trinajstić information content (AvgIpc) is 2.56. The van der Waals surface area contributed by atoms with Gasteiger partial charge in [-0.25, -0.2) is 0 Å². The molecule has 60 valence electrons. The lowest BCUT2D eigenvalue weighted by Crippen LogP contribution is -1.89. The Morgan fingerprint density at radius 1 is 0.600 bits per heavy atom. The van der Waals surface area contributed by atoms with Crippen LogP contribution in [0.3, 0.4) is 0 Å². The first-order chi connectivity index (χ1) is 4.41. The maximum atomic E-state index is 4.40. The smallest absolute Gasteiger partial charge is 0.196 e. The molecule has 2 fully saturated rings. The second kappa shape index (κ2) is 2.17. The minimum atomic E-state index is -0.250. The van der Waals surface area contributed by atoms with E-state index in [2.05, 4.69) is 19.6 Å². The summed E-state index contributed by atoms with van der Waals surface area (Å²) in [5.41, 5.74) is 0. The van der Waals surface area contributed by atoms with Gasteiger partial charge >= 0.3 is 0 Å². The molecule has 0 amide bonds. The summed E-state index contributed by atoms with van der Waals surface area (Å²) in [4.78, 5) is 17.6. The van der Waals surface area contributed by atoms with Crippen LogP contribution >= 0.6 is 0 Å². The fraction of sp³-hybridized carbons (Fsp3) is 1.00. The first kappa shape index (κ1) is 7.94. The van der Waals surface area contributed by atoms with Gasteiger partial charge in [0.25, 0.3) is 0 Å². The van der Waals surface area contributed by atoms with Crippen LogP contribution < -0.4 is 0 Å². The Kier molecular flexibility index (Phi) is 1.72. The molecule has 2 aliphatic heterocycles. The third-order valence-corrected chi connectivity index (χ3v) is 0.833. The van der Waals surface area contributed by atoms with E-state index in [0.29, 0.717) is 0 Å². The normalized spacial score (nSPS) is 30.0. The van der Waals surface area contributed by atoms with Gasteiger partial charge in [-0.15, -0.1) is 0 Å². The zero-order valence-electron chi connectivity index (χ0n) is 6.63. The summed E-state index contributed by atoms with van der Waals surface area (Å²) < 4.78 is 0. The summed E-state index contributed by atoms with van der Waals surface area (Å²) in [7, 11) is 0. The number of rotatable bonds is 0. The maximum absolute atomic E-state index is 4.40. The third kappa shape index (κ3) is 3.79. The van der Waals surface area contributed by atoms with E-state index in [4.69, 9.17) is 0 Å². The monoisotopic (exact) mass is 148 g/mol. The summed E-state index contributed by atoms with van der Waals surface area (Å²) >= 11 is 0. The largest absolute Gasteiger partial charge is 0.228 e. The van der Waals surface area contributed by atoms with Gasteiger partial charge in [-0.3, -0.25) is 0 Å². The quantitative estimate of drug-likeness (QED) is 0.384. The zero-order valence-corrected chi connectivity index (χ0v) is 6.63. The maximum Gasteiger partial charge on any atom is 0.228 e. The molecule has 0 bridgehead atoms. The molecule has 2 heterocycles. The number of hydrogen-bond acceptors (Lipinski definition) is 4. The van der Waals surface area contributed by atoms with Gasteiger partial charge < -0.3 is 0 Å². The highest BCUT2D eigenvalue weighted by molar-refractivity contribution is 4.54. The van der Waals surface area contributed by atoms with Crippen molar-refractivity contribution in [3.63, 3.8) is 0 Å². The second-order valence-electron chi connectivity index (χ2n) is 3.13. The van der Waals surface area contributed by atoms with E-state index in [1.807, 2.05) is 27.7 Å². The Balaban J connectivity index is 0.0000001000. The highest BCUT2D eigenvalue weighted by Gasteiger charge is 2.37. The second-order valence-corrected chi connectivity index (χ2v) is 3.13. The third-order valence-electron chi connectivity index (χ3n) is 0.833. The molecule has 0 aromatic rings. The van der Waals surface area contributed by atoms with Crippen molar-refractivity contribution in [2.45, 2.75) is 39.3 Å². The van der Waals surface area contributed by atoms with Crippen molar-refractivity contribution in [3.05, 3.63) is 0 Å². The van der Waals surface area contributed by atoms with Crippen LogP contribution in [0.5, 0.6) is 0 Å². The predicted molar refractivity (Wildman–Crippen MR) is 32.5 cm³/mol. The van der Waals surface area contributed by atoms with Gasteiger partial charge in [-0.2, -0.15) is 19.6 Å². The lowest BCUT2D eigenvalue weighted by Gasteiger charge is -1.72. The summed E-state index contributed by atoms with van der Waals surface area (Å²) in [5.74, 6) is -0.500. The van der Waals surface area contributed by atoms with Crippen LogP contribution in [0.4, 0.5) is 0 Å².